The van der Waals surface area contributed by atoms with Gasteiger partial charge in [-0.1, -0.05) is 144 Å². The van der Waals surface area contributed by atoms with Crippen LogP contribution in [0.4, 0.5) is 8.78 Å². The number of rotatable bonds is 13. The van der Waals surface area contributed by atoms with Crippen molar-refractivity contribution in [2.75, 3.05) is 0 Å². The van der Waals surface area contributed by atoms with Gasteiger partial charge in [0.05, 0.1) is 4.75 Å². The zero-order valence-electron chi connectivity index (χ0n) is 19.9. The molecule has 0 aliphatic heterocycles. The summed E-state index contributed by atoms with van der Waals surface area (Å²) in [7, 11) is 0. The van der Waals surface area contributed by atoms with Crippen LogP contribution in [0.15, 0.2) is 54.6 Å². The van der Waals surface area contributed by atoms with Crippen LogP contribution in [-0.2, 0) is 0 Å². The molecule has 0 nitrogen and oxygen atoms in total. The van der Waals surface area contributed by atoms with E-state index in [-0.39, 0.29) is 5.92 Å². The van der Waals surface area contributed by atoms with Crippen LogP contribution in [0.3, 0.4) is 0 Å². The number of thioether (sulfide) groups is 1. The summed E-state index contributed by atoms with van der Waals surface area (Å²) in [5, 5.41) is 0. The van der Waals surface area contributed by atoms with Crippen molar-refractivity contribution in [3.05, 3.63) is 60.2 Å². The third-order valence-corrected chi connectivity index (χ3v) is 8.75. The van der Waals surface area contributed by atoms with E-state index in [0.29, 0.717) is 5.92 Å². The highest BCUT2D eigenvalue weighted by Crippen LogP contribution is 2.49. The van der Waals surface area contributed by atoms with Crippen LogP contribution in [0.25, 0.3) is 0 Å². The van der Waals surface area contributed by atoms with Crippen molar-refractivity contribution < 1.29 is 8.78 Å². The number of allylic oxidation sites excluding steroid dienone is 2. The highest BCUT2D eigenvalue weighted by atomic mass is 32.2. The molecule has 0 atom stereocenters. The zero-order chi connectivity index (χ0) is 22.7. The smallest absolute Gasteiger partial charge is 0.198 e. The van der Waals surface area contributed by atoms with Gasteiger partial charge in [0.25, 0.3) is 5.76 Å². The zero-order valence-corrected chi connectivity index (χ0v) is 20.7. The number of hydrogen-bond acceptors (Lipinski definition) is 1. The van der Waals surface area contributed by atoms with Gasteiger partial charge in [0.15, 0.2) is 0 Å². The van der Waals surface area contributed by atoms with Crippen LogP contribution < -0.4 is 0 Å². The molecule has 0 aromatic heterocycles. The number of hydrogen-bond donors (Lipinski definition) is 0. The maximum Gasteiger partial charge on any atom is 0.285 e. The van der Waals surface area contributed by atoms with Crippen LogP contribution in [0.5, 0.6) is 0 Å². The van der Waals surface area contributed by atoms with E-state index < -0.39 is 10.5 Å². The second kappa shape index (κ2) is 13.6. The molecule has 0 radical (unpaired) electrons. The largest absolute Gasteiger partial charge is 0.285 e. The van der Waals surface area contributed by atoms with Gasteiger partial charge in [0.1, 0.15) is 0 Å². The predicted molar refractivity (Wildman–Crippen MR) is 136 cm³/mol. The van der Waals surface area contributed by atoms with Crippen molar-refractivity contribution in [1.29, 1.82) is 0 Å². The van der Waals surface area contributed by atoms with E-state index in [0.717, 1.165) is 30.5 Å². The van der Waals surface area contributed by atoms with E-state index in [1.54, 1.807) is 0 Å². The van der Waals surface area contributed by atoms with Gasteiger partial charge in [0, 0.05) is 5.92 Å². The Hall–Kier alpha value is -1.09. The Balaban J connectivity index is 1.45. The summed E-state index contributed by atoms with van der Waals surface area (Å²) in [4.78, 5) is 0. The fraction of sp³-hybridized carbons (Fsp3) is 0.655. The molecule has 0 spiro atoms. The molecule has 0 N–H and O–H groups in total. The quantitative estimate of drug-likeness (QED) is 0.208. The minimum absolute atomic E-state index is 0.195. The Morgan fingerprint density at radius 1 is 0.844 bits per heavy atom. The van der Waals surface area contributed by atoms with E-state index in [2.05, 4.69) is 43.4 Å². The highest BCUT2D eigenvalue weighted by molar-refractivity contribution is 8.01. The first-order valence-corrected chi connectivity index (χ1v) is 13.9. The van der Waals surface area contributed by atoms with Gasteiger partial charge in [-0.3, -0.25) is 0 Å². The second-order valence-corrected chi connectivity index (χ2v) is 11.2. The van der Waals surface area contributed by atoms with Crippen molar-refractivity contribution >= 4 is 11.8 Å². The molecule has 2 aliphatic rings. The fourth-order valence-electron chi connectivity index (χ4n) is 5.60. The van der Waals surface area contributed by atoms with Crippen LogP contribution in [0.1, 0.15) is 102 Å². The monoisotopic (exact) mass is 460 g/mol. The van der Waals surface area contributed by atoms with Gasteiger partial charge >= 0.3 is 0 Å². The Bertz CT molecular complexity index is 674. The molecule has 0 bridgehead atoms. The molecule has 0 saturated heterocycles. The highest BCUT2D eigenvalue weighted by Gasteiger charge is 2.41. The molecule has 178 valence electrons. The van der Waals surface area contributed by atoms with E-state index in [4.69, 9.17) is 0 Å². The lowest BCUT2D eigenvalue weighted by atomic mass is 9.72. The maximum absolute atomic E-state index is 13.5. The van der Waals surface area contributed by atoms with Crippen molar-refractivity contribution in [2.24, 2.45) is 11.8 Å². The molecular weight excluding hydrogens is 418 g/mol. The molecule has 1 fully saturated rings. The van der Waals surface area contributed by atoms with Gasteiger partial charge in [-0.25, -0.2) is 0 Å². The molecule has 0 heterocycles. The lowest BCUT2D eigenvalue weighted by Crippen LogP contribution is -2.36. The van der Waals surface area contributed by atoms with Gasteiger partial charge in [-0.2, -0.15) is 8.78 Å². The third-order valence-electron chi connectivity index (χ3n) is 7.56. The molecular formula is C29H42F2S. The minimum atomic E-state index is -2.34. The molecule has 1 aromatic carbocycles. The lowest BCUT2D eigenvalue weighted by Gasteiger charge is -2.41. The first-order valence-electron chi connectivity index (χ1n) is 13.0. The molecule has 1 saturated carbocycles. The Morgan fingerprint density at radius 2 is 1.44 bits per heavy atom. The average Bonchev–Trinajstić information content (AvgIpc) is 2.82. The summed E-state index contributed by atoms with van der Waals surface area (Å²) in [6.45, 7) is 2.27. The average molecular weight is 461 g/mol. The molecule has 1 aromatic rings. The van der Waals surface area contributed by atoms with Gasteiger partial charge in [-0.05, 0) is 30.2 Å². The van der Waals surface area contributed by atoms with Crippen LogP contribution >= 0.6 is 11.8 Å². The molecule has 0 unspecified atom stereocenters. The van der Waals surface area contributed by atoms with Gasteiger partial charge in [-0.15, -0.1) is 0 Å². The molecule has 3 heteroatoms. The Kier molecular flexibility index (Phi) is 10.8. The fourth-order valence-corrected chi connectivity index (χ4v) is 6.65. The Labute approximate surface area is 199 Å². The summed E-state index contributed by atoms with van der Waals surface area (Å²) in [5.41, 5.74) is 1.23. The molecule has 2 aliphatic carbocycles. The standard InChI is InChI=1S/C29H42F2S/c1-2-3-4-5-6-7-8-10-13-24-16-18-27(19-17-24)29(32-28(30)31)22-20-26(21-23-29)25-14-11-9-12-15-25/h9,11-12,14-15,20-24,26-28H,2-8,10,13,16-19H2,1H3. The second-order valence-electron chi connectivity index (χ2n) is 9.87. The summed E-state index contributed by atoms with van der Waals surface area (Å²) in [5.74, 6) is -1.03. The SMILES string of the molecule is CCCCCCCCCCC1CCC(C2(SC(F)F)C=CC(c3ccccc3)C=C2)CC1. The van der Waals surface area contributed by atoms with Gasteiger partial charge < -0.3 is 0 Å². The predicted octanol–water partition coefficient (Wildman–Crippen LogP) is 9.93. The van der Waals surface area contributed by atoms with E-state index in [1.807, 2.05) is 18.2 Å². The van der Waals surface area contributed by atoms with Crippen molar-refractivity contribution in [2.45, 2.75) is 107 Å². The lowest BCUT2D eigenvalue weighted by molar-refractivity contribution is 0.231. The summed E-state index contributed by atoms with van der Waals surface area (Å²) < 4.78 is 26.6. The van der Waals surface area contributed by atoms with E-state index >= 15 is 0 Å². The topological polar surface area (TPSA) is 0 Å². The number of alkyl halides is 2. The van der Waals surface area contributed by atoms with Gasteiger partial charge in [0.2, 0.25) is 0 Å². The minimum Gasteiger partial charge on any atom is -0.198 e. The molecule has 32 heavy (non-hydrogen) atoms. The van der Waals surface area contributed by atoms with Crippen LogP contribution in [-0.4, -0.2) is 10.5 Å². The summed E-state index contributed by atoms with van der Waals surface area (Å²) in [6.07, 6.45) is 25.4. The first kappa shape index (κ1) is 25.5. The van der Waals surface area contributed by atoms with E-state index in [9.17, 15) is 8.78 Å². The van der Waals surface area contributed by atoms with Crippen LogP contribution in [0.2, 0.25) is 0 Å². The van der Waals surface area contributed by atoms with Crippen molar-refractivity contribution in [3.8, 4) is 0 Å². The Morgan fingerprint density at radius 3 is 2.03 bits per heavy atom. The van der Waals surface area contributed by atoms with Crippen LogP contribution in [0, 0.1) is 11.8 Å². The molecule has 3 rings (SSSR count). The summed E-state index contributed by atoms with van der Waals surface area (Å²) in [6, 6.07) is 10.3. The number of benzene rings is 1. The van der Waals surface area contributed by atoms with Crippen molar-refractivity contribution in [3.63, 3.8) is 0 Å². The third kappa shape index (κ3) is 7.75. The van der Waals surface area contributed by atoms with E-state index in [1.165, 1.54) is 76.2 Å². The normalized spacial score (nSPS) is 27.8. The summed E-state index contributed by atoms with van der Waals surface area (Å²) >= 11 is 0.853. The maximum atomic E-state index is 13.5. The molecule has 0 amide bonds. The number of halogens is 2. The first-order chi connectivity index (χ1) is 15.6. The van der Waals surface area contributed by atoms with Crippen molar-refractivity contribution in [1.82, 2.24) is 0 Å². The number of unbranched alkanes of at least 4 members (excludes halogenated alkanes) is 7.